The third kappa shape index (κ3) is 3.90. The molecule has 1 aliphatic carbocycles. The van der Waals surface area contributed by atoms with Gasteiger partial charge in [-0.25, -0.2) is 4.98 Å². The molecule has 106 valence electrons. The van der Waals surface area contributed by atoms with Gasteiger partial charge in [0.2, 0.25) is 0 Å². The fraction of sp³-hybridized carbons (Fsp3) is 0.733. The largest absolute Gasteiger partial charge is 0.352 e. The highest BCUT2D eigenvalue weighted by atomic mass is 15.2. The van der Waals surface area contributed by atoms with Gasteiger partial charge in [0.1, 0.15) is 5.82 Å². The number of anilines is 1. The summed E-state index contributed by atoms with van der Waals surface area (Å²) in [5, 5.41) is 3.10. The van der Waals surface area contributed by atoms with Gasteiger partial charge in [-0.2, -0.15) is 0 Å². The lowest BCUT2D eigenvalue weighted by molar-refractivity contribution is 0.530. The molecule has 1 heterocycles. The fourth-order valence-corrected chi connectivity index (χ4v) is 2.81. The van der Waals surface area contributed by atoms with Crippen LogP contribution in [0.25, 0.3) is 0 Å². The number of nitrogens with zero attached hydrogens (tertiary/aromatic N) is 3. The summed E-state index contributed by atoms with van der Waals surface area (Å²) in [5.74, 6) is 1.69. The Hall–Kier alpha value is -1.16. The van der Waals surface area contributed by atoms with Crippen molar-refractivity contribution in [3.05, 3.63) is 18.1 Å². The van der Waals surface area contributed by atoms with Crippen molar-refractivity contribution in [2.24, 2.45) is 5.92 Å². The van der Waals surface area contributed by atoms with Crippen molar-refractivity contribution < 1.29 is 0 Å². The zero-order valence-electron chi connectivity index (χ0n) is 12.4. The van der Waals surface area contributed by atoms with Crippen molar-refractivity contribution in [2.75, 3.05) is 18.5 Å². The van der Waals surface area contributed by atoms with Crippen LogP contribution in [0.1, 0.15) is 45.2 Å². The van der Waals surface area contributed by atoms with Crippen molar-refractivity contribution in [1.29, 1.82) is 0 Å². The summed E-state index contributed by atoms with van der Waals surface area (Å²) < 4.78 is 0. The minimum atomic E-state index is 0.652. The smallest absolute Gasteiger partial charge is 0.147 e. The van der Waals surface area contributed by atoms with Gasteiger partial charge in [-0.15, -0.1) is 0 Å². The Morgan fingerprint density at radius 1 is 1.26 bits per heavy atom. The molecule has 0 aromatic carbocycles. The van der Waals surface area contributed by atoms with Gasteiger partial charge in [-0.3, -0.25) is 4.98 Å². The summed E-state index contributed by atoms with van der Waals surface area (Å²) in [4.78, 5) is 11.6. The first kappa shape index (κ1) is 14.3. The van der Waals surface area contributed by atoms with E-state index in [2.05, 4.69) is 34.0 Å². The van der Waals surface area contributed by atoms with E-state index >= 15 is 0 Å². The van der Waals surface area contributed by atoms with Gasteiger partial charge in [0.05, 0.1) is 18.1 Å². The maximum Gasteiger partial charge on any atom is 0.147 e. The van der Waals surface area contributed by atoms with E-state index in [1.807, 2.05) is 19.4 Å². The van der Waals surface area contributed by atoms with Gasteiger partial charge in [0.25, 0.3) is 0 Å². The standard InChI is InChI=1S/C15H26N4/c1-12(2)11-19(14-6-4-5-7-14)15-10-17-13(8-16-3)9-18-15/h9-10,12,14,16H,4-8,11H2,1-3H3. The summed E-state index contributed by atoms with van der Waals surface area (Å²) in [6.45, 7) is 6.39. The van der Waals surface area contributed by atoms with E-state index in [1.54, 1.807) is 0 Å². The van der Waals surface area contributed by atoms with Crippen molar-refractivity contribution >= 4 is 5.82 Å². The maximum absolute atomic E-state index is 4.62. The van der Waals surface area contributed by atoms with Gasteiger partial charge in [-0.1, -0.05) is 26.7 Å². The number of aromatic nitrogens is 2. The van der Waals surface area contributed by atoms with E-state index in [-0.39, 0.29) is 0 Å². The highest BCUT2D eigenvalue weighted by Gasteiger charge is 2.24. The molecule has 1 N–H and O–H groups in total. The highest BCUT2D eigenvalue weighted by molar-refractivity contribution is 5.37. The van der Waals surface area contributed by atoms with Gasteiger partial charge in [0, 0.05) is 19.1 Å². The SMILES string of the molecule is CNCc1cnc(N(CC(C)C)C2CCCC2)cn1. The highest BCUT2D eigenvalue weighted by Crippen LogP contribution is 2.27. The zero-order valence-corrected chi connectivity index (χ0v) is 12.4. The molecule has 0 unspecified atom stereocenters. The molecular formula is C15H26N4. The molecule has 1 aromatic rings. The van der Waals surface area contributed by atoms with Crippen LogP contribution in [-0.2, 0) is 6.54 Å². The third-order valence-electron chi connectivity index (χ3n) is 3.67. The van der Waals surface area contributed by atoms with Gasteiger partial charge >= 0.3 is 0 Å². The Morgan fingerprint density at radius 2 is 2.00 bits per heavy atom. The Kier molecular flexibility index (Phi) is 5.14. The first-order valence-corrected chi connectivity index (χ1v) is 7.43. The minimum absolute atomic E-state index is 0.652. The predicted molar refractivity (Wildman–Crippen MR) is 79.2 cm³/mol. The van der Waals surface area contributed by atoms with E-state index < -0.39 is 0 Å². The van der Waals surface area contributed by atoms with Crippen LogP contribution in [-0.4, -0.2) is 29.6 Å². The molecule has 4 heteroatoms. The molecule has 1 fully saturated rings. The quantitative estimate of drug-likeness (QED) is 0.855. The van der Waals surface area contributed by atoms with Crippen LogP contribution in [0, 0.1) is 5.92 Å². The van der Waals surface area contributed by atoms with Gasteiger partial charge in [-0.05, 0) is 25.8 Å². The molecule has 19 heavy (non-hydrogen) atoms. The lowest BCUT2D eigenvalue weighted by Crippen LogP contribution is -2.37. The molecule has 0 saturated heterocycles. The average molecular weight is 262 g/mol. The van der Waals surface area contributed by atoms with Crippen molar-refractivity contribution in [1.82, 2.24) is 15.3 Å². The third-order valence-corrected chi connectivity index (χ3v) is 3.67. The van der Waals surface area contributed by atoms with Crippen LogP contribution in [0.5, 0.6) is 0 Å². The molecule has 0 aliphatic heterocycles. The molecule has 0 amide bonds. The lowest BCUT2D eigenvalue weighted by atomic mass is 10.1. The first-order valence-electron chi connectivity index (χ1n) is 7.43. The zero-order chi connectivity index (χ0) is 13.7. The molecule has 1 aromatic heterocycles. The second-order valence-electron chi connectivity index (χ2n) is 5.88. The van der Waals surface area contributed by atoms with E-state index in [0.717, 1.165) is 24.6 Å². The number of nitrogens with one attached hydrogen (secondary N) is 1. The van der Waals surface area contributed by atoms with Gasteiger partial charge < -0.3 is 10.2 Å². The average Bonchev–Trinajstić information content (AvgIpc) is 2.91. The summed E-state index contributed by atoms with van der Waals surface area (Å²) in [7, 11) is 1.93. The normalized spacial score (nSPS) is 16.2. The molecule has 0 radical (unpaired) electrons. The van der Waals surface area contributed by atoms with E-state index in [4.69, 9.17) is 0 Å². The summed E-state index contributed by atoms with van der Waals surface area (Å²) >= 11 is 0. The molecule has 0 bridgehead atoms. The molecule has 0 atom stereocenters. The van der Waals surface area contributed by atoms with Crippen LogP contribution >= 0.6 is 0 Å². The number of hydrogen-bond donors (Lipinski definition) is 1. The monoisotopic (exact) mass is 262 g/mol. The molecule has 1 aliphatic rings. The number of rotatable bonds is 6. The summed E-state index contributed by atoms with van der Waals surface area (Å²) in [6.07, 6.45) is 9.13. The summed E-state index contributed by atoms with van der Waals surface area (Å²) in [5.41, 5.74) is 1.00. The Bertz CT molecular complexity index is 368. The van der Waals surface area contributed by atoms with Crippen LogP contribution in [0.15, 0.2) is 12.4 Å². The van der Waals surface area contributed by atoms with Crippen molar-refractivity contribution in [2.45, 2.75) is 52.1 Å². The Balaban J connectivity index is 2.12. The van der Waals surface area contributed by atoms with Crippen molar-refractivity contribution in [3.8, 4) is 0 Å². The second kappa shape index (κ2) is 6.85. The number of hydrogen-bond acceptors (Lipinski definition) is 4. The van der Waals surface area contributed by atoms with Gasteiger partial charge in [0.15, 0.2) is 0 Å². The lowest BCUT2D eigenvalue weighted by Gasteiger charge is -2.31. The van der Waals surface area contributed by atoms with Crippen LogP contribution in [0.2, 0.25) is 0 Å². The summed E-state index contributed by atoms with van der Waals surface area (Å²) in [6, 6.07) is 0.659. The molecule has 1 saturated carbocycles. The molecular weight excluding hydrogens is 236 g/mol. The fourth-order valence-electron chi connectivity index (χ4n) is 2.81. The molecule has 2 rings (SSSR count). The Labute approximate surface area is 116 Å². The first-order chi connectivity index (χ1) is 9.20. The molecule has 4 nitrogen and oxygen atoms in total. The topological polar surface area (TPSA) is 41.1 Å². The van der Waals surface area contributed by atoms with E-state index in [9.17, 15) is 0 Å². The molecule has 0 spiro atoms. The van der Waals surface area contributed by atoms with Crippen molar-refractivity contribution in [3.63, 3.8) is 0 Å². The maximum atomic E-state index is 4.62. The van der Waals surface area contributed by atoms with Crippen LogP contribution in [0.4, 0.5) is 5.82 Å². The Morgan fingerprint density at radius 3 is 2.53 bits per heavy atom. The van der Waals surface area contributed by atoms with Crippen LogP contribution < -0.4 is 10.2 Å². The van der Waals surface area contributed by atoms with E-state index in [1.165, 1.54) is 25.7 Å². The van der Waals surface area contributed by atoms with E-state index in [0.29, 0.717) is 12.0 Å². The second-order valence-corrected chi connectivity index (χ2v) is 5.88. The minimum Gasteiger partial charge on any atom is -0.352 e. The van der Waals surface area contributed by atoms with Crippen LogP contribution in [0.3, 0.4) is 0 Å². The predicted octanol–water partition coefficient (Wildman–Crippen LogP) is 2.60.